The normalized spacial score (nSPS) is 19.3. The second-order valence-corrected chi connectivity index (χ2v) is 12.3. The van der Waals surface area contributed by atoms with Gasteiger partial charge < -0.3 is 19.1 Å². The van der Waals surface area contributed by atoms with Gasteiger partial charge in [-0.25, -0.2) is 4.79 Å². The van der Waals surface area contributed by atoms with E-state index in [-0.39, 0.29) is 17.7 Å². The fourth-order valence-corrected chi connectivity index (χ4v) is 5.56. The number of carbonyl (C=O) groups excluding carboxylic acids is 1. The Hall–Kier alpha value is -1.94. The van der Waals surface area contributed by atoms with Gasteiger partial charge >= 0.3 is 6.09 Å². The van der Waals surface area contributed by atoms with Crippen molar-refractivity contribution in [1.82, 2.24) is 19.7 Å². The number of carbonyl (C=O) groups is 1. The second kappa shape index (κ2) is 10.1. The van der Waals surface area contributed by atoms with E-state index in [1.54, 1.807) is 10.6 Å². The number of piperidine rings is 1. The fraction of sp³-hybridized carbons (Fsp3) is 0.652. The molecule has 2 fully saturated rings. The Morgan fingerprint density at radius 1 is 1.27 bits per heavy atom. The van der Waals surface area contributed by atoms with Crippen molar-refractivity contribution < 1.29 is 9.53 Å². The molecule has 1 aliphatic heterocycles. The summed E-state index contributed by atoms with van der Waals surface area (Å²) < 4.78 is 8.11. The molecule has 1 atom stereocenters. The molecular formula is C23H32BrN5O3S. The minimum Gasteiger partial charge on any atom is -0.444 e. The SMILES string of the molecule is CC(C)(C)OC(=O)N(CC1CCC1)[C@@H]1CCCN(c2ccn(Cc3nnc(Br)s3)c(=O)c2)C1. The minimum absolute atomic E-state index is 0.0700. The number of anilines is 1. The van der Waals surface area contributed by atoms with Crippen LogP contribution in [0.15, 0.2) is 27.0 Å². The van der Waals surface area contributed by atoms with Crippen LogP contribution >= 0.6 is 27.3 Å². The molecule has 3 heterocycles. The molecule has 0 spiro atoms. The maximum Gasteiger partial charge on any atom is 0.410 e. The summed E-state index contributed by atoms with van der Waals surface area (Å²) in [4.78, 5) is 30.0. The lowest BCUT2D eigenvalue weighted by Gasteiger charge is -2.43. The van der Waals surface area contributed by atoms with Gasteiger partial charge in [0.1, 0.15) is 10.6 Å². The fourth-order valence-electron chi connectivity index (χ4n) is 4.36. The zero-order valence-corrected chi connectivity index (χ0v) is 21.9. The molecule has 0 N–H and O–H groups in total. The second-order valence-electron chi connectivity index (χ2n) is 9.97. The number of ether oxygens (including phenoxy) is 1. The molecular weight excluding hydrogens is 506 g/mol. The largest absolute Gasteiger partial charge is 0.444 e. The van der Waals surface area contributed by atoms with E-state index in [4.69, 9.17) is 4.74 Å². The number of hydrogen-bond acceptors (Lipinski definition) is 7. The maximum absolute atomic E-state index is 13.1. The number of hydrogen-bond donors (Lipinski definition) is 0. The standard InChI is InChI=1S/C23H32BrN5O3S/c1-23(2,3)32-22(31)29(13-16-6-4-7-16)18-8-5-10-27(14-18)17-9-11-28(20(30)12-17)15-19-25-26-21(24)33-19/h9,11-12,16,18H,4-8,10,13-15H2,1-3H3/t18-/m1/s1. The highest BCUT2D eigenvalue weighted by atomic mass is 79.9. The van der Waals surface area contributed by atoms with Crippen LogP contribution in [0.25, 0.3) is 0 Å². The summed E-state index contributed by atoms with van der Waals surface area (Å²) in [6, 6.07) is 3.74. The first-order chi connectivity index (χ1) is 15.7. The molecule has 2 aliphatic rings. The Morgan fingerprint density at radius 3 is 2.67 bits per heavy atom. The molecule has 0 aromatic carbocycles. The quantitative estimate of drug-likeness (QED) is 0.538. The molecule has 1 aliphatic carbocycles. The van der Waals surface area contributed by atoms with Crippen LogP contribution in [0.3, 0.4) is 0 Å². The molecule has 0 radical (unpaired) electrons. The van der Waals surface area contributed by atoms with Crippen molar-refractivity contribution in [3.8, 4) is 0 Å². The van der Waals surface area contributed by atoms with E-state index in [2.05, 4.69) is 31.0 Å². The Morgan fingerprint density at radius 2 is 2.06 bits per heavy atom. The average molecular weight is 539 g/mol. The third-order valence-corrected chi connectivity index (χ3v) is 7.58. The molecule has 4 rings (SSSR count). The van der Waals surface area contributed by atoms with Gasteiger partial charge in [0, 0.05) is 37.6 Å². The van der Waals surface area contributed by atoms with E-state index in [0.29, 0.717) is 22.9 Å². The molecule has 1 amide bonds. The lowest BCUT2D eigenvalue weighted by atomic mass is 9.84. The molecule has 2 aromatic rings. The van der Waals surface area contributed by atoms with Gasteiger partial charge in [0.25, 0.3) is 5.56 Å². The smallest absolute Gasteiger partial charge is 0.410 e. The van der Waals surface area contributed by atoms with E-state index in [1.165, 1.54) is 30.6 Å². The number of halogens is 1. The first kappa shape index (κ1) is 24.2. The van der Waals surface area contributed by atoms with Gasteiger partial charge in [0.15, 0.2) is 3.92 Å². The van der Waals surface area contributed by atoms with Crippen LogP contribution in [0.1, 0.15) is 57.9 Å². The highest BCUT2D eigenvalue weighted by Crippen LogP contribution is 2.30. The van der Waals surface area contributed by atoms with E-state index in [0.717, 1.165) is 36.6 Å². The summed E-state index contributed by atoms with van der Waals surface area (Å²) in [7, 11) is 0. The lowest BCUT2D eigenvalue weighted by Crippen LogP contribution is -2.53. The third kappa shape index (κ3) is 6.35. The summed E-state index contributed by atoms with van der Waals surface area (Å²) in [6.45, 7) is 8.47. The molecule has 8 nitrogen and oxygen atoms in total. The van der Waals surface area contributed by atoms with Gasteiger partial charge in [-0.1, -0.05) is 17.8 Å². The van der Waals surface area contributed by atoms with Crippen LogP contribution in [-0.4, -0.2) is 57.0 Å². The molecule has 1 saturated carbocycles. The third-order valence-electron chi connectivity index (χ3n) is 6.24. The Kier molecular flexibility index (Phi) is 7.43. The summed E-state index contributed by atoms with van der Waals surface area (Å²) in [5.41, 5.74) is 0.308. The predicted molar refractivity (Wildman–Crippen MR) is 133 cm³/mol. The Labute approximate surface area is 207 Å². The topological polar surface area (TPSA) is 80.6 Å². The van der Waals surface area contributed by atoms with Gasteiger partial charge in [0.2, 0.25) is 0 Å². The number of amides is 1. The van der Waals surface area contributed by atoms with Crippen molar-refractivity contribution in [2.75, 3.05) is 24.5 Å². The molecule has 1 saturated heterocycles. The number of nitrogens with zero attached hydrogens (tertiary/aromatic N) is 5. The van der Waals surface area contributed by atoms with Crippen molar-refractivity contribution >= 4 is 39.0 Å². The average Bonchev–Trinajstić information content (AvgIpc) is 3.12. The molecule has 180 valence electrons. The van der Waals surface area contributed by atoms with E-state index >= 15 is 0 Å². The molecule has 10 heteroatoms. The summed E-state index contributed by atoms with van der Waals surface area (Å²) >= 11 is 4.73. The van der Waals surface area contributed by atoms with Gasteiger partial charge in [-0.05, 0) is 74.4 Å². The molecule has 2 aromatic heterocycles. The van der Waals surface area contributed by atoms with Gasteiger partial charge in [0.05, 0.1) is 12.6 Å². The minimum atomic E-state index is -0.518. The highest BCUT2D eigenvalue weighted by Gasteiger charge is 2.34. The van der Waals surface area contributed by atoms with E-state index < -0.39 is 5.60 Å². The van der Waals surface area contributed by atoms with Crippen molar-refractivity contribution in [1.29, 1.82) is 0 Å². The first-order valence-corrected chi connectivity index (χ1v) is 13.2. The van der Waals surface area contributed by atoms with Crippen LogP contribution < -0.4 is 10.5 Å². The Balaban J connectivity index is 1.47. The van der Waals surface area contributed by atoms with Crippen LogP contribution in [0.2, 0.25) is 0 Å². The van der Waals surface area contributed by atoms with Gasteiger partial charge in [-0.15, -0.1) is 10.2 Å². The van der Waals surface area contributed by atoms with Crippen molar-refractivity contribution in [3.05, 3.63) is 37.6 Å². The predicted octanol–water partition coefficient (Wildman–Crippen LogP) is 4.52. The Bertz CT molecular complexity index is 1030. The monoisotopic (exact) mass is 537 g/mol. The maximum atomic E-state index is 13.1. The number of aromatic nitrogens is 3. The van der Waals surface area contributed by atoms with Crippen molar-refractivity contribution in [2.45, 2.75) is 71.1 Å². The zero-order chi connectivity index (χ0) is 23.6. The van der Waals surface area contributed by atoms with E-state index in [1.807, 2.05) is 37.9 Å². The van der Waals surface area contributed by atoms with E-state index in [9.17, 15) is 9.59 Å². The number of rotatable bonds is 6. The van der Waals surface area contributed by atoms with Crippen LogP contribution in [0, 0.1) is 5.92 Å². The molecule has 0 bridgehead atoms. The summed E-state index contributed by atoms with van der Waals surface area (Å²) in [6.07, 6.45) is 7.12. The van der Waals surface area contributed by atoms with Crippen LogP contribution in [-0.2, 0) is 11.3 Å². The van der Waals surface area contributed by atoms with Crippen molar-refractivity contribution in [2.24, 2.45) is 5.92 Å². The summed E-state index contributed by atoms with van der Waals surface area (Å²) in [5.74, 6) is 0.567. The summed E-state index contributed by atoms with van der Waals surface area (Å²) in [5, 5.41) is 8.79. The lowest BCUT2D eigenvalue weighted by molar-refractivity contribution is 0.00736. The van der Waals surface area contributed by atoms with Gasteiger partial charge in [-0.2, -0.15) is 0 Å². The highest BCUT2D eigenvalue weighted by molar-refractivity contribution is 9.11. The zero-order valence-electron chi connectivity index (χ0n) is 19.5. The number of pyridine rings is 1. The molecule has 0 unspecified atom stereocenters. The van der Waals surface area contributed by atoms with Crippen molar-refractivity contribution in [3.63, 3.8) is 0 Å². The van der Waals surface area contributed by atoms with Gasteiger partial charge in [-0.3, -0.25) is 4.79 Å². The van der Waals surface area contributed by atoms with Crippen LogP contribution in [0.5, 0.6) is 0 Å². The van der Waals surface area contributed by atoms with Crippen LogP contribution in [0.4, 0.5) is 10.5 Å². The molecule has 33 heavy (non-hydrogen) atoms. The first-order valence-electron chi connectivity index (χ1n) is 11.6.